The quantitative estimate of drug-likeness (QED) is 0.498. The highest BCUT2D eigenvalue weighted by Crippen LogP contribution is 2.14. The van der Waals surface area contributed by atoms with Crippen molar-refractivity contribution in [2.75, 3.05) is 18.9 Å². The summed E-state index contributed by atoms with van der Waals surface area (Å²) in [6, 6.07) is 5.02. The average Bonchev–Trinajstić information content (AvgIpc) is 2.28. The van der Waals surface area contributed by atoms with Crippen LogP contribution in [0.3, 0.4) is 0 Å². The number of carbonyl (C=O) groups excluding carboxylic acids is 1. The van der Waals surface area contributed by atoms with Crippen molar-refractivity contribution in [3.63, 3.8) is 0 Å². The molecule has 0 aliphatic heterocycles. The molecule has 0 bridgehead atoms. The van der Waals surface area contributed by atoms with Crippen LogP contribution in [0.15, 0.2) is 18.2 Å². The van der Waals surface area contributed by atoms with Gasteiger partial charge in [-0.1, -0.05) is 11.6 Å². The number of aliphatic hydroxyl groups excluding tert-OH is 2. The van der Waals surface area contributed by atoms with Crippen LogP contribution < -0.4 is 5.73 Å². The van der Waals surface area contributed by atoms with Crippen LogP contribution in [0.4, 0.5) is 5.69 Å². The summed E-state index contributed by atoms with van der Waals surface area (Å²) in [5, 5.41) is 17.6. The fourth-order valence-corrected chi connectivity index (χ4v) is 1.15. The lowest BCUT2D eigenvalue weighted by molar-refractivity contribution is 0.00941. The zero-order chi connectivity index (χ0) is 12.1. The number of esters is 1. The third kappa shape index (κ3) is 3.22. The van der Waals surface area contributed by atoms with E-state index in [-0.39, 0.29) is 12.2 Å². The Balaban J connectivity index is 2.69. The number of nitrogen functional groups attached to an aromatic ring is 1. The summed E-state index contributed by atoms with van der Waals surface area (Å²) in [4.78, 5) is 11.5. The second-order valence-electron chi connectivity index (χ2n) is 3.53. The Hall–Kier alpha value is -1.59. The molecule has 88 valence electrons. The molecule has 0 spiro atoms. The predicted molar refractivity (Wildman–Crippen MR) is 59.0 cm³/mol. The van der Waals surface area contributed by atoms with Gasteiger partial charge in [-0.05, 0) is 19.1 Å². The van der Waals surface area contributed by atoms with Crippen LogP contribution in [0.2, 0.25) is 0 Å². The van der Waals surface area contributed by atoms with Crippen molar-refractivity contribution in [1.82, 2.24) is 0 Å². The summed E-state index contributed by atoms with van der Waals surface area (Å²) in [5.41, 5.74) is 7.11. The Morgan fingerprint density at radius 1 is 1.56 bits per heavy atom. The van der Waals surface area contributed by atoms with E-state index >= 15 is 0 Å². The highest BCUT2D eigenvalue weighted by atomic mass is 16.5. The van der Waals surface area contributed by atoms with Gasteiger partial charge in [0.1, 0.15) is 12.7 Å². The summed E-state index contributed by atoms with van der Waals surface area (Å²) in [7, 11) is 0. The summed E-state index contributed by atoms with van der Waals surface area (Å²) >= 11 is 0. The fourth-order valence-electron chi connectivity index (χ4n) is 1.15. The van der Waals surface area contributed by atoms with Gasteiger partial charge in [-0.15, -0.1) is 0 Å². The van der Waals surface area contributed by atoms with Crippen molar-refractivity contribution < 1.29 is 19.7 Å². The molecule has 0 fully saturated rings. The lowest BCUT2D eigenvalue weighted by Crippen LogP contribution is -2.22. The topological polar surface area (TPSA) is 92.8 Å². The van der Waals surface area contributed by atoms with E-state index in [0.717, 1.165) is 5.56 Å². The Bertz CT molecular complexity index is 378. The van der Waals surface area contributed by atoms with Gasteiger partial charge >= 0.3 is 5.97 Å². The Morgan fingerprint density at radius 3 is 2.88 bits per heavy atom. The Morgan fingerprint density at radius 2 is 2.25 bits per heavy atom. The van der Waals surface area contributed by atoms with Crippen LogP contribution in [0, 0.1) is 6.92 Å². The van der Waals surface area contributed by atoms with E-state index in [1.807, 2.05) is 6.92 Å². The van der Waals surface area contributed by atoms with Crippen LogP contribution in [0.5, 0.6) is 0 Å². The van der Waals surface area contributed by atoms with E-state index in [1.54, 1.807) is 18.2 Å². The third-order valence-electron chi connectivity index (χ3n) is 2.05. The monoisotopic (exact) mass is 225 g/mol. The van der Waals surface area contributed by atoms with Crippen molar-refractivity contribution in [1.29, 1.82) is 0 Å². The number of rotatable bonds is 4. The molecule has 0 aromatic heterocycles. The molecule has 1 unspecified atom stereocenters. The molecule has 0 amide bonds. The first-order valence-electron chi connectivity index (χ1n) is 4.86. The van der Waals surface area contributed by atoms with E-state index in [2.05, 4.69) is 0 Å². The molecule has 1 aromatic rings. The van der Waals surface area contributed by atoms with Crippen LogP contribution in [0.1, 0.15) is 15.9 Å². The first-order valence-corrected chi connectivity index (χ1v) is 4.86. The third-order valence-corrected chi connectivity index (χ3v) is 2.05. The Labute approximate surface area is 93.5 Å². The number of anilines is 1. The highest BCUT2D eigenvalue weighted by Gasteiger charge is 2.13. The molecular weight excluding hydrogens is 210 g/mol. The average molecular weight is 225 g/mol. The second kappa shape index (κ2) is 5.48. The molecule has 0 radical (unpaired) electrons. The van der Waals surface area contributed by atoms with Gasteiger partial charge in [-0.2, -0.15) is 0 Å². The number of hydrogen-bond donors (Lipinski definition) is 3. The largest absolute Gasteiger partial charge is 0.459 e. The molecule has 5 heteroatoms. The first kappa shape index (κ1) is 12.5. The number of benzene rings is 1. The lowest BCUT2D eigenvalue weighted by atomic mass is 10.1. The van der Waals surface area contributed by atoms with Gasteiger partial charge in [0.25, 0.3) is 0 Å². The maximum absolute atomic E-state index is 11.5. The number of ether oxygens (including phenoxy) is 1. The molecule has 16 heavy (non-hydrogen) atoms. The summed E-state index contributed by atoms with van der Waals surface area (Å²) in [6.45, 7) is 1.14. The minimum atomic E-state index is -1.06. The molecule has 5 nitrogen and oxygen atoms in total. The molecular formula is C11H15NO4. The van der Waals surface area contributed by atoms with Crippen molar-refractivity contribution in [3.8, 4) is 0 Å². The number of carbonyl (C=O) groups is 1. The van der Waals surface area contributed by atoms with Gasteiger partial charge in [0.15, 0.2) is 0 Å². The van der Waals surface area contributed by atoms with Gasteiger partial charge in [0.2, 0.25) is 0 Å². The Kier molecular flexibility index (Phi) is 4.28. The zero-order valence-corrected chi connectivity index (χ0v) is 9.01. The van der Waals surface area contributed by atoms with Gasteiger partial charge in [-0.3, -0.25) is 0 Å². The predicted octanol–water partition coefficient (Wildman–Crippen LogP) is 0.0872. The number of hydrogen-bond acceptors (Lipinski definition) is 5. The standard InChI is InChI=1S/C11H15NO4/c1-7-2-3-10(12)9(4-7)11(15)16-6-8(14)5-13/h2-4,8,13-14H,5-6,12H2,1H3. The van der Waals surface area contributed by atoms with Crippen molar-refractivity contribution in [2.45, 2.75) is 13.0 Å². The number of nitrogens with two attached hydrogens (primary N) is 1. The molecule has 1 atom stereocenters. The van der Waals surface area contributed by atoms with Gasteiger partial charge in [0.05, 0.1) is 12.2 Å². The first-order chi connectivity index (χ1) is 7.54. The van der Waals surface area contributed by atoms with Crippen LogP contribution in [0.25, 0.3) is 0 Å². The molecule has 0 aliphatic carbocycles. The molecule has 0 saturated heterocycles. The highest BCUT2D eigenvalue weighted by molar-refractivity contribution is 5.95. The van der Waals surface area contributed by atoms with Gasteiger partial charge in [0, 0.05) is 5.69 Å². The molecule has 4 N–H and O–H groups in total. The minimum Gasteiger partial charge on any atom is -0.459 e. The van der Waals surface area contributed by atoms with Gasteiger partial charge in [-0.25, -0.2) is 4.79 Å². The molecule has 1 rings (SSSR count). The van der Waals surface area contributed by atoms with Crippen molar-refractivity contribution in [2.24, 2.45) is 0 Å². The van der Waals surface area contributed by atoms with E-state index in [4.69, 9.17) is 20.7 Å². The van der Waals surface area contributed by atoms with Crippen molar-refractivity contribution in [3.05, 3.63) is 29.3 Å². The smallest absolute Gasteiger partial charge is 0.340 e. The molecule has 0 heterocycles. The summed E-state index contributed by atoms with van der Waals surface area (Å²) in [5.74, 6) is -0.603. The maximum Gasteiger partial charge on any atom is 0.340 e. The summed E-state index contributed by atoms with van der Waals surface area (Å²) < 4.78 is 4.79. The SMILES string of the molecule is Cc1ccc(N)c(C(=O)OCC(O)CO)c1. The second-order valence-corrected chi connectivity index (χ2v) is 3.53. The summed E-state index contributed by atoms with van der Waals surface area (Å²) in [6.07, 6.45) is -1.06. The van der Waals surface area contributed by atoms with Gasteiger partial charge < -0.3 is 20.7 Å². The van der Waals surface area contributed by atoms with E-state index in [0.29, 0.717) is 5.69 Å². The minimum absolute atomic E-state index is 0.247. The lowest BCUT2D eigenvalue weighted by Gasteiger charge is -2.10. The van der Waals surface area contributed by atoms with Crippen LogP contribution in [-0.4, -0.2) is 35.5 Å². The van der Waals surface area contributed by atoms with Crippen LogP contribution in [-0.2, 0) is 4.74 Å². The van der Waals surface area contributed by atoms with Crippen molar-refractivity contribution >= 4 is 11.7 Å². The number of aliphatic hydroxyl groups is 2. The molecule has 0 aliphatic rings. The fraction of sp³-hybridized carbons (Fsp3) is 0.364. The normalized spacial score (nSPS) is 12.2. The van der Waals surface area contributed by atoms with E-state index in [1.165, 1.54) is 0 Å². The number of aryl methyl sites for hydroxylation is 1. The maximum atomic E-state index is 11.5. The zero-order valence-electron chi connectivity index (χ0n) is 9.01. The van der Waals surface area contributed by atoms with Crippen LogP contribution >= 0.6 is 0 Å². The van der Waals surface area contributed by atoms with E-state index in [9.17, 15) is 4.79 Å². The molecule has 1 aromatic carbocycles. The molecule has 0 saturated carbocycles. The van der Waals surface area contributed by atoms with E-state index < -0.39 is 18.7 Å².